The molecule has 0 amide bonds. The van der Waals surface area contributed by atoms with E-state index in [2.05, 4.69) is 64.2 Å². The lowest BCUT2D eigenvalue weighted by molar-refractivity contribution is 0.666. The summed E-state index contributed by atoms with van der Waals surface area (Å²) in [6.45, 7) is 0. The number of benzene rings is 4. The minimum Gasteiger partial charge on any atom is -0.451 e. The number of nitriles is 2. The highest BCUT2D eigenvalue weighted by molar-refractivity contribution is 6.13. The Morgan fingerprint density at radius 3 is 1.97 bits per heavy atom. The van der Waals surface area contributed by atoms with E-state index in [-0.39, 0.29) is 0 Å². The molecule has 0 saturated heterocycles. The quantitative estimate of drug-likeness (QED) is 0.268. The van der Waals surface area contributed by atoms with Crippen molar-refractivity contribution in [3.63, 3.8) is 0 Å². The van der Waals surface area contributed by atoms with Gasteiger partial charge in [0, 0.05) is 27.9 Å². The number of fused-ring (bicyclic) bond motifs is 6. The maximum absolute atomic E-state index is 9.47. The van der Waals surface area contributed by atoms with Crippen LogP contribution in [0.5, 0.6) is 0 Å². The molecular weight excluding hydrogens is 444 g/mol. The summed E-state index contributed by atoms with van der Waals surface area (Å²) in [6.07, 6.45) is 1.74. The average molecular weight is 460 g/mol. The second kappa shape index (κ2) is 7.56. The molecule has 0 aliphatic carbocycles. The van der Waals surface area contributed by atoms with Gasteiger partial charge in [0.2, 0.25) is 0 Å². The SMILES string of the molecule is N#Cc1cc(C#N)cc(-c2ccnc3c2oc2c(-n4c5ccccc5c5ccccc54)cccc23)c1. The zero-order valence-electron chi connectivity index (χ0n) is 18.9. The van der Waals surface area contributed by atoms with Gasteiger partial charge in [0.25, 0.3) is 0 Å². The number of para-hydroxylation sites is 3. The highest BCUT2D eigenvalue weighted by atomic mass is 16.3. The van der Waals surface area contributed by atoms with E-state index in [4.69, 9.17) is 4.42 Å². The summed E-state index contributed by atoms with van der Waals surface area (Å²) in [6, 6.07) is 34.1. The number of hydrogen-bond acceptors (Lipinski definition) is 4. The first-order valence-corrected chi connectivity index (χ1v) is 11.5. The van der Waals surface area contributed by atoms with Gasteiger partial charge in [-0.2, -0.15) is 10.5 Å². The number of hydrogen-bond donors (Lipinski definition) is 0. The van der Waals surface area contributed by atoms with Crippen LogP contribution in [-0.4, -0.2) is 9.55 Å². The highest BCUT2D eigenvalue weighted by Crippen LogP contribution is 2.40. The van der Waals surface area contributed by atoms with Gasteiger partial charge in [-0.05, 0) is 54.1 Å². The zero-order chi connectivity index (χ0) is 24.2. The minimum atomic E-state index is 0.427. The topological polar surface area (TPSA) is 78.5 Å². The lowest BCUT2D eigenvalue weighted by Crippen LogP contribution is -1.93. The fourth-order valence-corrected chi connectivity index (χ4v) is 5.16. The first-order chi connectivity index (χ1) is 17.8. The van der Waals surface area contributed by atoms with Crippen LogP contribution >= 0.6 is 0 Å². The Bertz CT molecular complexity index is 2000. The van der Waals surface area contributed by atoms with Crippen LogP contribution in [0.3, 0.4) is 0 Å². The molecule has 0 N–H and O–H groups in total. The van der Waals surface area contributed by atoms with Crippen molar-refractivity contribution in [3.8, 4) is 29.0 Å². The highest BCUT2D eigenvalue weighted by Gasteiger charge is 2.19. The molecule has 5 heteroatoms. The predicted molar refractivity (Wildman–Crippen MR) is 141 cm³/mol. The van der Waals surface area contributed by atoms with E-state index >= 15 is 0 Å². The van der Waals surface area contributed by atoms with Gasteiger partial charge < -0.3 is 8.98 Å². The first kappa shape index (κ1) is 20.0. The number of nitrogens with zero attached hydrogens (tertiary/aromatic N) is 4. The lowest BCUT2D eigenvalue weighted by Gasteiger charge is -2.08. The molecule has 7 aromatic rings. The van der Waals surface area contributed by atoms with Crippen molar-refractivity contribution in [2.24, 2.45) is 0 Å². The first-order valence-electron chi connectivity index (χ1n) is 11.5. The monoisotopic (exact) mass is 460 g/mol. The van der Waals surface area contributed by atoms with Crippen LogP contribution < -0.4 is 0 Å². The Balaban J connectivity index is 1.57. The predicted octanol–water partition coefficient (Wildman–Crippen LogP) is 7.49. The molecule has 0 saturated carbocycles. The standard InChI is InChI=1S/C31H16N4O/c32-17-19-14-20(18-33)16-21(15-19)22-12-13-34-29-25-8-5-11-28(30(25)36-31(22)29)35-26-9-3-1-6-23(26)24-7-2-4-10-27(24)35/h1-16H. The summed E-state index contributed by atoms with van der Waals surface area (Å²) < 4.78 is 8.82. The smallest absolute Gasteiger partial charge is 0.161 e. The third-order valence-corrected chi connectivity index (χ3v) is 6.68. The van der Waals surface area contributed by atoms with E-state index in [0.717, 1.165) is 44.3 Å². The molecule has 7 rings (SSSR count). The van der Waals surface area contributed by atoms with E-state index in [1.165, 1.54) is 10.8 Å². The van der Waals surface area contributed by atoms with Gasteiger partial charge in [-0.15, -0.1) is 0 Å². The van der Waals surface area contributed by atoms with Crippen LogP contribution in [0, 0.1) is 22.7 Å². The summed E-state index contributed by atoms with van der Waals surface area (Å²) in [7, 11) is 0. The third-order valence-electron chi connectivity index (χ3n) is 6.68. The van der Waals surface area contributed by atoms with Crippen molar-refractivity contribution >= 4 is 43.9 Å². The number of aromatic nitrogens is 2. The number of furan rings is 1. The summed E-state index contributed by atoms with van der Waals surface area (Å²) in [5, 5.41) is 22.2. The van der Waals surface area contributed by atoms with Crippen molar-refractivity contribution in [2.75, 3.05) is 0 Å². The van der Waals surface area contributed by atoms with Crippen LogP contribution in [-0.2, 0) is 0 Å². The summed E-state index contributed by atoms with van der Waals surface area (Å²) >= 11 is 0. The van der Waals surface area contributed by atoms with Gasteiger partial charge in [-0.25, -0.2) is 0 Å². The summed E-state index contributed by atoms with van der Waals surface area (Å²) in [5.41, 5.74) is 7.61. The molecular formula is C31H16N4O. The normalized spacial score (nSPS) is 11.3. The van der Waals surface area contributed by atoms with Crippen LogP contribution in [0.2, 0.25) is 0 Å². The number of rotatable bonds is 2. The van der Waals surface area contributed by atoms with Crippen LogP contribution in [0.25, 0.3) is 60.7 Å². The zero-order valence-corrected chi connectivity index (χ0v) is 18.9. The molecule has 5 nitrogen and oxygen atoms in total. The molecule has 3 heterocycles. The maximum Gasteiger partial charge on any atom is 0.161 e. The molecule has 0 spiro atoms. The van der Waals surface area contributed by atoms with Gasteiger partial charge in [0.1, 0.15) is 5.52 Å². The molecule has 0 fully saturated rings. The fraction of sp³-hybridized carbons (Fsp3) is 0. The van der Waals surface area contributed by atoms with Gasteiger partial charge in [-0.1, -0.05) is 42.5 Å². The van der Waals surface area contributed by atoms with Crippen LogP contribution in [0.1, 0.15) is 11.1 Å². The summed E-state index contributed by atoms with van der Waals surface area (Å²) in [5.74, 6) is 0. The molecule has 0 atom stereocenters. The molecule has 4 aromatic carbocycles. The van der Waals surface area contributed by atoms with Crippen LogP contribution in [0.15, 0.2) is 102 Å². The van der Waals surface area contributed by atoms with Gasteiger partial charge >= 0.3 is 0 Å². The van der Waals surface area contributed by atoms with E-state index in [1.54, 1.807) is 24.4 Å². The van der Waals surface area contributed by atoms with Crippen molar-refractivity contribution in [1.29, 1.82) is 10.5 Å². The van der Waals surface area contributed by atoms with Gasteiger partial charge in [-0.3, -0.25) is 4.98 Å². The Morgan fingerprint density at radius 1 is 0.667 bits per heavy atom. The number of pyridine rings is 1. The third kappa shape index (κ3) is 2.78. The fourth-order valence-electron chi connectivity index (χ4n) is 5.16. The molecule has 0 radical (unpaired) electrons. The van der Waals surface area contributed by atoms with E-state index in [0.29, 0.717) is 16.7 Å². The second-order valence-electron chi connectivity index (χ2n) is 8.68. The Kier molecular flexibility index (Phi) is 4.21. The molecule has 0 unspecified atom stereocenters. The van der Waals surface area contributed by atoms with E-state index in [9.17, 15) is 10.5 Å². The van der Waals surface area contributed by atoms with Crippen molar-refractivity contribution in [1.82, 2.24) is 9.55 Å². The molecule has 0 aliphatic heterocycles. The van der Waals surface area contributed by atoms with E-state index < -0.39 is 0 Å². The van der Waals surface area contributed by atoms with Crippen molar-refractivity contribution in [2.45, 2.75) is 0 Å². The summed E-state index contributed by atoms with van der Waals surface area (Å²) in [4.78, 5) is 4.65. The van der Waals surface area contributed by atoms with Gasteiger partial charge in [0.05, 0.1) is 40.0 Å². The second-order valence-corrected chi connectivity index (χ2v) is 8.68. The van der Waals surface area contributed by atoms with Crippen molar-refractivity contribution in [3.05, 3.63) is 108 Å². The largest absolute Gasteiger partial charge is 0.451 e. The molecule has 0 bridgehead atoms. The minimum absolute atomic E-state index is 0.427. The van der Waals surface area contributed by atoms with E-state index in [1.807, 2.05) is 30.3 Å². The maximum atomic E-state index is 9.47. The van der Waals surface area contributed by atoms with Gasteiger partial charge in [0.15, 0.2) is 11.2 Å². The van der Waals surface area contributed by atoms with Crippen LogP contribution in [0.4, 0.5) is 0 Å². The molecule has 3 aromatic heterocycles. The lowest BCUT2D eigenvalue weighted by atomic mass is 10.0. The molecule has 0 aliphatic rings. The Morgan fingerprint density at radius 2 is 1.31 bits per heavy atom. The molecule has 36 heavy (non-hydrogen) atoms. The molecule has 166 valence electrons. The Hall–Kier alpha value is -5.39. The Labute approximate surface area is 205 Å². The average Bonchev–Trinajstić information content (AvgIpc) is 3.49. The van der Waals surface area contributed by atoms with Crippen molar-refractivity contribution < 1.29 is 4.42 Å².